The van der Waals surface area contributed by atoms with Crippen LogP contribution in [0.15, 0.2) is 11.4 Å². The molecule has 1 aromatic rings. The van der Waals surface area contributed by atoms with Crippen molar-refractivity contribution in [3.8, 4) is 0 Å². The van der Waals surface area contributed by atoms with E-state index >= 15 is 0 Å². The second kappa shape index (κ2) is 9.96. The fourth-order valence-electron chi connectivity index (χ4n) is 4.00. The van der Waals surface area contributed by atoms with Crippen molar-refractivity contribution < 1.29 is 5.11 Å². The minimum absolute atomic E-state index is 0. The molecule has 24 heavy (non-hydrogen) atoms. The summed E-state index contributed by atoms with van der Waals surface area (Å²) in [6.07, 6.45) is 7.48. The van der Waals surface area contributed by atoms with Crippen molar-refractivity contribution in [3.63, 3.8) is 0 Å². The normalized spacial score (nSPS) is 23.1. The largest absolute Gasteiger partial charge is 0.389 e. The van der Waals surface area contributed by atoms with Crippen LogP contribution in [0.1, 0.15) is 56.4 Å². The fourth-order valence-corrected chi connectivity index (χ4v) is 4.94. The summed E-state index contributed by atoms with van der Waals surface area (Å²) in [5.41, 5.74) is 6.67. The highest BCUT2D eigenvalue weighted by Gasteiger charge is 2.40. The van der Waals surface area contributed by atoms with Gasteiger partial charge >= 0.3 is 0 Å². The van der Waals surface area contributed by atoms with E-state index in [0.717, 1.165) is 62.5 Å². The van der Waals surface area contributed by atoms with Gasteiger partial charge in [-0.1, -0.05) is 30.9 Å². The number of piperidine rings is 1. The van der Waals surface area contributed by atoms with Crippen molar-refractivity contribution in [3.05, 3.63) is 21.3 Å². The lowest BCUT2D eigenvalue weighted by molar-refractivity contribution is -0.0323. The molecule has 1 aliphatic carbocycles. The number of aliphatic hydroxyl groups is 1. The van der Waals surface area contributed by atoms with Crippen molar-refractivity contribution >= 4 is 47.8 Å². The summed E-state index contributed by atoms with van der Waals surface area (Å²) < 4.78 is 0.820. The number of halogens is 3. The first-order valence-electron chi connectivity index (χ1n) is 8.51. The molecule has 0 amide bonds. The third-order valence-electron chi connectivity index (χ3n) is 5.43. The highest BCUT2D eigenvalue weighted by atomic mass is 35.5. The molecule has 2 heterocycles. The maximum absolute atomic E-state index is 11.3. The zero-order valence-electron chi connectivity index (χ0n) is 14.0. The molecule has 3 N–H and O–H groups in total. The number of likely N-dealkylation sites (tertiary alicyclic amines) is 1. The van der Waals surface area contributed by atoms with Crippen LogP contribution in [0, 0.1) is 0 Å². The van der Waals surface area contributed by atoms with E-state index in [2.05, 4.69) is 16.3 Å². The van der Waals surface area contributed by atoms with Crippen LogP contribution in [-0.2, 0) is 0 Å². The zero-order chi connectivity index (χ0) is 15.6. The summed E-state index contributed by atoms with van der Waals surface area (Å²) in [5, 5.41) is 13.4. The molecule has 1 aliphatic heterocycles. The summed E-state index contributed by atoms with van der Waals surface area (Å²) in [6.45, 7) is 3.02. The van der Waals surface area contributed by atoms with Gasteiger partial charge in [-0.2, -0.15) is 0 Å². The average Bonchev–Trinajstić information content (AvgIpc) is 2.93. The molecule has 1 unspecified atom stereocenters. The number of nitrogens with two attached hydrogens (primary N) is 1. The van der Waals surface area contributed by atoms with E-state index in [1.807, 2.05) is 0 Å². The fraction of sp³-hybridized carbons (Fsp3) is 0.765. The number of nitrogens with zero attached hydrogens (tertiary/aromatic N) is 1. The Bertz CT molecular complexity index is 486. The quantitative estimate of drug-likeness (QED) is 0.764. The van der Waals surface area contributed by atoms with E-state index in [-0.39, 0.29) is 30.7 Å². The van der Waals surface area contributed by atoms with Gasteiger partial charge in [-0.3, -0.25) is 0 Å². The molecule has 7 heteroatoms. The number of hydrogen-bond acceptors (Lipinski definition) is 4. The van der Waals surface area contributed by atoms with E-state index < -0.39 is 5.60 Å². The van der Waals surface area contributed by atoms with Crippen LogP contribution in [0.4, 0.5) is 0 Å². The summed E-state index contributed by atoms with van der Waals surface area (Å²) in [4.78, 5) is 2.48. The van der Waals surface area contributed by atoms with E-state index in [0.29, 0.717) is 6.04 Å². The van der Waals surface area contributed by atoms with Crippen molar-refractivity contribution in [1.29, 1.82) is 0 Å². The van der Waals surface area contributed by atoms with Gasteiger partial charge in [-0.25, -0.2) is 0 Å². The van der Waals surface area contributed by atoms with Crippen LogP contribution in [0.2, 0.25) is 4.34 Å². The van der Waals surface area contributed by atoms with Crippen LogP contribution < -0.4 is 5.73 Å². The maximum Gasteiger partial charge on any atom is 0.0931 e. The van der Waals surface area contributed by atoms with E-state index in [1.165, 1.54) is 12.0 Å². The molecule has 1 atom stereocenters. The Kier molecular flexibility index (Phi) is 9.33. The number of thiophene rings is 1. The zero-order valence-corrected chi connectivity index (χ0v) is 17.2. The van der Waals surface area contributed by atoms with E-state index in [1.54, 1.807) is 11.3 Å². The molecule has 2 fully saturated rings. The minimum Gasteiger partial charge on any atom is -0.389 e. The van der Waals surface area contributed by atoms with Gasteiger partial charge in [0.25, 0.3) is 0 Å². The predicted octanol–water partition coefficient (Wildman–Crippen LogP) is 4.45. The van der Waals surface area contributed by atoms with Crippen molar-refractivity contribution in [2.75, 3.05) is 19.6 Å². The molecular weight excluding hydrogens is 387 g/mol. The topological polar surface area (TPSA) is 49.5 Å². The third kappa shape index (κ3) is 5.47. The predicted molar refractivity (Wildman–Crippen MR) is 108 cm³/mol. The first-order valence-corrected chi connectivity index (χ1v) is 9.77. The molecule has 3 rings (SSSR count). The van der Waals surface area contributed by atoms with E-state index in [9.17, 15) is 5.11 Å². The lowest BCUT2D eigenvalue weighted by Gasteiger charge is -2.42. The summed E-state index contributed by atoms with van der Waals surface area (Å²) >= 11 is 7.73. The standard InChI is InChI=1S/C17H27ClN2OS.2ClH/c18-16-10-13(12-22-16)15(17(21)6-2-1-3-7-17)11-20-8-4-14(19)5-9-20;;/h10,12,14-15,21H,1-9,11,19H2;2*1H. The lowest BCUT2D eigenvalue weighted by Crippen LogP contribution is -2.47. The molecule has 0 radical (unpaired) electrons. The van der Waals surface area contributed by atoms with Gasteiger partial charge < -0.3 is 15.7 Å². The summed E-state index contributed by atoms with van der Waals surface area (Å²) in [7, 11) is 0. The highest BCUT2D eigenvalue weighted by molar-refractivity contribution is 7.14. The molecule has 1 saturated carbocycles. The third-order valence-corrected chi connectivity index (χ3v) is 6.54. The molecular formula is C17H29Cl3N2OS. The van der Waals surface area contributed by atoms with Gasteiger partial charge in [0.1, 0.15) is 0 Å². The summed E-state index contributed by atoms with van der Waals surface area (Å²) in [6, 6.07) is 2.40. The van der Waals surface area contributed by atoms with Crippen LogP contribution in [0.25, 0.3) is 0 Å². The Morgan fingerprint density at radius 1 is 1.25 bits per heavy atom. The van der Waals surface area contributed by atoms with Crippen molar-refractivity contribution in [2.45, 2.75) is 62.5 Å². The SMILES string of the molecule is Cl.Cl.NC1CCN(CC(c2csc(Cl)c2)C2(O)CCCCC2)CC1. The van der Waals surface area contributed by atoms with Gasteiger partial charge in [0.2, 0.25) is 0 Å². The van der Waals surface area contributed by atoms with Gasteiger partial charge in [0.05, 0.1) is 9.94 Å². The van der Waals surface area contributed by atoms with Crippen LogP contribution in [-0.4, -0.2) is 41.3 Å². The molecule has 140 valence electrons. The smallest absolute Gasteiger partial charge is 0.0931 e. The highest BCUT2D eigenvalue weighted by Crippen LogP contribution is 2.42. The van der Waals surface area contributed by atoms with Crippen molar-refractivity contribution in [1.82, 2.24) is 4.90 Å². The molecule has 0 spiro atoms. The first kappa shape index (κ1) is 22.5. The second-order valence-electron chi connectivity index (χ2n) is 7.04. The minimum atomic E-state index is -0.567. The van der Waals surface area contributed by atoms with Gasteiger partial charge in [0.15, 0.2) is 0 Å². The molecule has 2 aliphatic rings. The Labute approximate surface area is 166 Å². The number of rotatable bonds is 4. The Balaban J connectivity index is 0.00000144. The monoisotopic (exact) mass is 414 g/mol. The molecule has 1 saturated heterocycles. The Hall–Kier alpha value is 0.450. The Morgan fingerprint density at radius 3 is 2.42 bits per heavy atom. The Morgan fingerprint density at radius 2 is 1.88 bits per heavy atom. The lowest BCUT2D eigenvalue weighted by atomic mass is 9.73. The van der Waals surface area contributed by atoms with Crippen molar-refractivity contribution in [2.24, 2.45) is 5.73 Å². The molecule has 0 aromatic carbocycles. The summed E-state index contributed by atoms with van der Waals surface area (Å²) in [5.74, 6) is 0.172. The van der Waals surface area contributed by atoms with Crippen LogP contribution in [0.5, 0.6) is 0 Å². The number of hydrogen-bond donors (Lipinski definition) is 2. The van der Waals surface area contributed by atoms with Crippen LogP contribution in [0.3, 0.4) is 0 Å². The van der Waals surface area contributed by atoms with Crippen LogP contribution >= 0.6 is 47.8 Å². The second-order valence-corrected chi connectivity index (χ2v) is 8.58. The van der Waals surface area contributed by atoms with E-state index in [4.69, 9.17) is 17.3 Å². The van der Waals surface area contributed by atoms with Gasteiger partial charge in [-0.05, 0) is 55.8 Å². The molecule has 3 nitrogen and oxygen atoms in total. The molecule has 0 bridgehead atoms. The molecule has 1 aromatic heterocycles. The average molecular weight is 416 g/mol. The van der Waals surface area contributed by atoms with Gasteiger partial charge in [0, 0.05) is 18.5 Å². The maximum atomic E-state index is 11.3. The first-order chi connectivity index (χ1) is 10.6. The van der Waals surface area contributed by atoms with Gasteiger partial charge in [-0.15, -0.1) is 36.2 Å².